The number of hydrogen-bond acceptors (Lipinski definition) is 5. The van der Waals surface area contributed by atoms with Gasteiger partial charge in [-0.2, -0.15) is 0 Å². The van der Waals surface area contributed by atoms with Crippen LogP contribution in [-0.2, 0) is 32.6 Å². The van der Waals surface area contributed by atoms with E-state index in [0.29, 0.717) is 17.3 Å². The number of nitrogens with zero attached hydrogens (tertiary/aromatic N) is 2. The highest BCUT2D eigenvalue weighted by molar-refractivity contribution is 7.92. The van der Waals surface area contributed by atoms with Gasteiger partial charge in [-0.3, -0.25) is 13.9 Å². The number of nitrogens with one attached hydrogen (secondary N) is 1. The number of halogens is 1. The minimum Gasteiger partial charge on any atom is -0.497 e. The Balaban J connectivity index is 2.03. The average molecular weight is 558 g/mol. The molecular formula is C28H32ClN3O5S. The Morgan fingerprint density at radius 1 is 0.974 bits per heavy atom. The molecule has 0 heterocycles. The lowest BCUT2D eigenvalue weighted by Crippen LogP contribution is -2.53. The van der Waals surface area contributed by atoms with Crippen LogP contribution in [0, 0.1) is 0 Å². The molecular weight excluding hydrogens is 526 g/mol. The normalized spacial score (nSPS) is 11.9. The summed E-state index contributed by atoms with van der Waals surface area (Å²) in [4.78, 5) is 28.7. The quantitative estimate of drug-likeness (QED) is 0.364. The highest BCUT2D eigenvalue weighted by Crippen LogP contribution is 2.24. The van der Waals surface area contributed by atoms with Crippen molar-refractivity contribution in [3.8, 4) is 5.75 Å². The fourth-order valence-corrected chi connectivity index (χ4v) is 4.98. The molecule has 0 unspecified atom stereocenters. The van der Waals surface area contributed by atoms with E-state index in [2.05, 4.69) is 5.32 Å². The third kappa shape index (κ3) is 7.97. The fourth-order valence-electron chi connectivity index (χ4n) is 4.01. The first kappa shape index (κ1) is 29.0. The molecule has 0 saturated carbocycles. The van der Waals surface area contributed by atoms with E-state index >= 15 is 0 Å². The van der Waals surface area contributed by atoms with E-state index in [-0.39, 0.29) is 24.6 Å². The zero-order valence-electron chi connectivity index (χ0n) is 21.6. The number of carbonyl (C=O) groups excluding carboxylic acids is 2. The van der Waals surface area contributed by atoms with Gasteiger partial charge in [0.25, 0.3) is 0 Å². The van der Waals surface area contributed by atoms with Crippen molar-refractivity contribution in [2.45, 2.75) is 25.9 Å². The van der Waals surface area contributed by atoms with Crippen LogP contribution >= 0.6 is 11.6 Å². The van der Waals surface area contributed by atoms with Crippen LogP contribution in [0.5, 0.6) is 5.75 Å². The first-order chi connectivity index (χ1) is 18.1. The largest absolute Gasteiger partial charge is 0.497 e. The van der Waals surface area contributed by atoms with Crippen LogP contribution in [0.2, 0.25) is 5.02 Å². The molecule has 10 heteroatoms. The van der Waals surface area contributed by atoms with Crippen LogP contribution in [0.25, 0.3) is 0 Å². The number of hydrogen-bond donors (Lipinski definition) is 1. The van der Waals surface area contributed by atoms with Crippen LogP contribution in [-0.4, -0.2) is 57.6 Å². The molecule has 1 N–H and O–H groups in total. The molecule has 0 saturated heterocycles. The lowest BCUT2D eigenvalue weighted by Gasteiger charge is -2.33. The van der Waals surface area contributed by atoms with Crippen molar-refractivity contribution in [3.05, 3.63) is 95.0 Å². The minimum absolute atomic E-state index is 0.0837. The lowest BCUT2D eigenvalue weighted by molar-refractivity contribution is -0.140. The van der Waals surface area contributed by atoms with Gasteiger partial charge < -0.3 is 15.0 Å². The van der Waals surface area contributed by atoms with E-state index in [1.807, 2.05) is 30.3 Å². The van der Waals surface area contributed by atoms with Gasteiger partial charge in [0.2, 0.25) is 21.8 Å². The smallest absolute Gasteiger partial charge is 0.244 e. The highest BCUT2D eigenvalue weighted by Gasteiger charge is 2.32. The number of rotatable bonds is 12. The van der Waals surface area contributed by atoms with Crippen molar-refractivity contribution in [1.29, 1.82) is 0 Å². The molecule has 3 aromatic carbocycles. The first-order valence-corrected chi connectivity index (χ1v) is 14.3. The lowest BCUT2D eigenvalue weighted by atomic mass is 10.0. The summed E-state index contributed by atoms with van der Waals surface area (Å²) in [5, 5.41) is 3.36. The topological polar surface area (TPSA) is 96.0 Å². The molecule has 0 radical (unpaired) electrons. The maximum Gasteiger partial charge on any atom is 0.244 e. The summed E-state index contributed by atoms with van der Waals surface area (Å²) >= 11 is 6.06. The summed E-state index contributed by atoms with van der Waals surface area (Å²) in [5.41, 5.74) is 1.90. The summed E-state index contributed by atoms with van der Waals surface area (Å²) in [6.07, 6.45) is 1.29. The summed E-state index contributed by atoms with van der Waals surface area (Å²) < 4.78 is 31.9. The monoisotopic (exact) mass is 557 g/mol. The minimum atomic E-state index is -3.85. The van der Waals surface area contributed by atoms with Gasteiger partial charge in [0.05, 0.1) is 19.1 Å². The molecule has 1 atom stereocenters. The molecule has 3 rings (SSSR count). The molecule has 0 bridgehead atoms. The number of ether oxygens (including phenoxy) is 1. The Hall–Kier alpha value is -3.56. The standard InChI is InChI=1S/C28H32ClN3O5S/c1-4-30-28(34)26(17-21-9-6-5-7-10-21)31(19-22-13-15-23(29)16-14-22)27(33)20-32(38(3,35)36)24-11-8-12-25(18-24)37-2/h5-16,18,26H,4,17,19-20H2,1-3H3,(H,30,34)/t26-/m1/s1. The van der Waals surface area contributed by atoms with Gasteiger partial charge >= 0.3 is 0 Å². The van der Waals surface area contributed by atoms with Crippen molar-refractivity contribution in [1.82, 2.24) is 10.2 Å². The Morgan fingerprint density at radius 3 is 2.26 bits per heavy atom. The number of benzene rings is 3. The molecule has 0 fully saturated rings. The predicted octanol–water partition coefficient (Wildman–Crippen LogP) is 3.89. The molecule has 38 heavy (non-hydrogen) atoms. The highest BCUT2D eigenvalue weighted by atomic mass is 35.5. The maximum atomic E-state index is 13.9. The predicted molar refractivity (Wildman–Crippen MR) is 150 cm³/mol. The van der Waals surface area contributed by atoms with Crippen molar-refractivity contribution >= 4 is 39.1 Å². The van der Waals surface area contributed by atoms with Crippen LogP contribution in [0.15, 0.2) is 78.9 Å². The molecule has 0 spiro atoms. The molecule has 0 aromatic heterocycles. The van der Waals surface area contributed by atoms with Crippen molar-refractivity contribution in [2.24, 2.45) is 0 Å². The Labute approximate surface area is 229 Å². The molecule has 2 amide bonds. The van der Waals surface area contributed by atoms with Gasteiger partial charge in [-0.05, 0) is 42.3 Å². The Bertz CT molecular complexity index is 1330. The van der Waals surface area contributed by atoms with Crippen LogP contribution in [0.4, 0.5) is 5.69 Å². The first-order valence-electron chi connectivity index (χ1n) is 12.1. The second kappa shape index (κ2) is 13.3. The molecule has 3 aromatic rings. The van der Waals surface area contributed by atoms with Crippen molar-refractivity contribution in [2.75, 3.05) is 30.8 Å². The summed E-state index contributed by atoms with van der Waals surface area (Å²) in [7, 11) is -2.38. The molecule has 202 valence electrons. The SMILES string of the molecule is CCNC(=O)[C@@H](Cc1ccccc1)N(Cc1ccc(Cl)cc1)C(=O)CN(c1cccc(OC)c1)S(C)(=O)=O. The fraction of sp³-hybridized carbons (Fsp3) is 0.286. The van der Waals surface area contributed by atoms with E-state index in [4.69, 9.17) is 16.3 Å². The number of carbonyl (C=O) groups is 2. The molecule has 0 aliphatic carbocycles. The van der Waals surface area contributed by atoms with Gasteiger partial charge in [-0.25, -0.2) is 8.42 Å². The number of amides is 2. The zero-order chi connectivity index (χ0) is 27.7. The van der Waals surface area contributed by atoms with E-state index in [0.717, 1.165) is 21.7 Å². The Kier molecular flexibility index (Phi) is 10.2. The second-order valence-electron chi connectivity index (χ2n) is 8.72. The van der Waals surface area contributed by atoms with Crippen LogP contribution in [0.3, 0.4) is 0 Å². The number of likely N-dealkylation sites (N-methyl/N-ethyl adjacent to an activating group) is 1. The number of anilines is 1. The van der Waals surface area contributed by atoms with Crippen molar-refractivity contribution < 1.29 is 22.7 Å². The average Bonchev–Trinajstić information content (AvgIpc) is 2.90. The zero-order valence-corrected chi connectivity index (χ0v) is 23.2. The number of methoxy groups -OCH3 is 1. The Morgan fingerprint density at radius 2 is 1.66 bits per heavy atom. The van der Waals surface area contributed by atoms with Gasteiger partial charge in [0.1, 0.15) is 18.3 Å². The summed E-state index contributed by atoms with van der Waals surface area (Å²) in [6.45, 7) is 1.77. The van der Waals surface area contributed by atoms with E-state index in [9.17, 15) is 18.0 Å². The third-order valence-corrected chi connectivity index (χ3v) is 7.30. The third-order valence-electron chi connectivity index (χ3n) is 5.91. The number of sulfonamides is 1. The van der Waals surface area contributed by atoms with E-state index in [1.165, 1.54) is 12.0 Å². The van der Waals surface area contributed by atoms with Crippen molar-refractivity contribution in [3.63, 3.8) is 0 Å². The summed E-state index contributed by atoms with van der Waals surface area (Å²) in [6, 6.07) is 21.9. The maximum absolute atomic E-state index is 13.9. The van der Waals surface area contributed by atoms with Gasteiger partial charge in [0.15, 0.2) is 0 Å². The van der Waals surface area contributed by atoms with E-state index < -0.39 is 28.5 Å². The van der Waals surface area contributed by atoms with E-state index in [1.54, 1.807) is 55.5 Å². The van der Waals surface area contributed by atoms with Gasteiger partial charge in [-0.1, -0.05) is 60.1 Å². The van der Waals surface area contributed by atoms with Gasteiger partial charge in [-0.15, -0.1) is 0 Å². The van der Waals surface area contributed by atoms with Crippen LogP contribution < -0.4 is 14.4 Å². The molecule has 0 aliphatic rings. The second-order valence-corrected chi connectivity index (χ2v) is 11.1. The van der Waals surface area contributed by atoms with Gasteiger partial charge in [0, 0.05) is 30.6 Å². The summed E-state index contributed by atoms with van der Waals surface area (Å²) in [5.74, 6) is -0.405. The van der Waals surface area contributed by atoms with Crippen LogP contribution in [0.1, 0.15) is 18.1 Å². The molecule has 0 aliphatic heterocycles. The molecule has 8 nitrogen and oxygen atoms in total.